The Labute approximate surface area is 164 Å². The van der Waals surface area contributed by atoms with E-state index >= 15 is 0 Å². The van der Waals surface area contributed by atoms with Gasteiger partial charge < -0.3 is 14.5 Å². The Hall–Kier alpha value is -1.75. The van der Waals surface area contributed by atoms with Gasteiger partial charge in [0.2, 0.25) is 0 Å². The smallest absolute Gasteiger partial charge is 0.410 e. The van der Waals surface area contributed by atoms with Gasteiger partial charge in [-0.3, -0.25) is 4.90 Å². The van der Waals surface area contributed by atoms with E-state index in [0.717, 1.165) is 19.6 Å². The predicted molar refractivity (Wildman–Crippen MR) is 110 cm³/mol. The van der Waals surface area contributed by atoms with Crippen LogP contribution in [-0.4, -0.2) is 60.8 Å². The third-order valence-electron chi connectivity index (χ3n) is 5.36. The summed E-state index contributed by atoms with van der Waals surface area (Å²) in [5, 5.41) is 0. The lowest BCUT2D eigenvalue weighted by Gasteiger charge is -2.38. The van der Waals surface area contributed by atoms with Gasteiger partial charge in [-0.2, -0.15) is 0 Å². The second-order valence-electron chi connectivity index (χ2n) is 8.77. The number of anilines is 1. The van der Waals surface area contributed by atoms with E-state index < -0.39 is 5.60 Å². The van der Waals surface area contributed by atoms with Crippen LogP contribution in [0.2, 0.25) is 0 Å². The minimum absolute atomic E-state index is 0.194. The monoisotopic (exact) mass is 373 g/mol. The maximum Gasteiger partial charge on any atom is 0.410 e. The zero-order chi connectivity index (χ0) is 19.3. The lowest BCUT2D eigenvalue weighted by molar-refractivity contribution is 0.0240. The number of ether oxygens (including phenoxy) is 1. The zero-order valence-corrected chi connectivity index (χ0v) is 17.2. The molecule has 0 saturated carbocycles. The van der Waals surface area contributed by atoms with E-state index in [0.29, 0.717) is 13.1 Å². The van der Waals surface area contributed by atoms with Crippen molar-refractivity contribution in [1.82, 2.24) is 9.80 Å². The molecule has 0 aromatic heterocycles. The van der Waals surface area contributed by atoms with Gasteiger partial charge >= 0.3 is 6.09 Å². The highest BCUT2D eigenvalue weighted by Crippen LogP contribution is 2.25. The van der Waals surface area contributed by atoms with Crippen molar-refractivity contribution >= 4 is 11.8 Å². The number of piperazine rings is 1. The molecule has 2 heterocycles. The summed E-state index contributed by atoms with van der Waals surface area (Å²) in [5.41, 5.74) is 2.30. The molecule has 0 bridgehead atoms. The van der Waals surface area contributed by atoms with Crippen LogP contribution in [0.25, 0.3) is 0 Å². The summed E-state index contributed by atoms with van der Waals surface area (Å²) >= 11 is 0. The summed E-state index contributed by atoms with van der Waals surface area (Å²) in [4.78, 5) is 19.2. The number of hydrogen-bond donors (Lipinski definition) is 0. The zero-order valence-electron chi connectivity index (χ0n) is 17.2. The van der Waals surface area contributed by atoms with Crippen molar-refractivity contribution in [2.45, 2.75) is 58.6 Å². The second kappa shape index (κ2) is 8.96. The number of carbonyl (C=O) groups is 1. The molecule has 27 heavy (non-hydrogen) atoms. The molecule has 1 aromatic rings. The molecule has 1 aromatic carbocycles. The lowest BCUT2D eigenvalue weighted by Crippen LogP contribution is -2.50. The topological polar surface area (TPSA) is 36.0 Å². The highest BCUT2D eigenvalue weighted by molar-refractivity contribution is 5.68. The summed E-state index contributed by atoms with van der Waals surface area (Å²) in [5.74, 6) is 0. The molecule has 2 saturated heterocycles. The van der Waals surface area contributed by atoms with E-state index in [1.807, 2.05) is 25.7 Å². The normalized spacial score (nSPS) is 19.7. The van der Waals surface area contributed by atoms with Crippen LogP contribution in [0, 0.1) is 0 Å². The third-order valence-corrected chi connectivity index (χ3v) is 5.36. The predicted octanol–water partition coefficient (Wildman–Crippen LogP) is 4.12. The summed E-state index contributed by atoms with van der Waals surface area (Å²) in [7, 11) is 0. The Morgan fingerprint density at radius 2 is 1.56 bits per heavy atom. The first-order valence-electron chi connectivity index (χ1n) is 10.5. The number of rotatable bonds is 3. The minimum atomic E-state index is -0.437. The lowest BCUT2D eigenvalue weighted by atomic mass is 10.1. The Bertz CT molecular complexity index is 610. The molecule has 1 amide bonds. The molecule has 5 nitrogen and oxygen atoms in total. The van der Waals surface area contributed by atoms with Crippen molar-refractivity contribution in [3.63, 3.8) is 0 Å². The van der Waals surface area contributed by atoms with E-state index in [1.165, 1.54) is 50.0 Å². The van der Waals surface area contributed by atoms with E-state index in [9.17, 15) is 4.79 Å². The van der Waals surface area contributed by atoms with E-state index in [4.69, 9.17) is 4.74 Å². The fraction of sp³-hybridized carbons (Fsp3) is 0.682. The van der Waals surface area contributed by atoms with Crippen LogP contribution in [-0.2, 0) is 11.3 Å². The molecule has 150 valence electrons. The molecule has 0 atom stereocenters. The molecule has 0 aliphatic carbocycles. The van der Waals surface area contributed by atoms with Crippen molar-refractivity contribution in [2.75, 3.05) is 44.2 Å². The van der Waals surface area contributed by atoms with Gasteiger partial charge in [-0.25, -0.2) is 4.79 Å². The van der Waals surface area contributed by atoms with Crippen molar-refractivity contribution in [1.29, 1.82) is 0 Å². The quantitative estimate of drug-likeness (QED) is 0.798. The van der Waals surface area contributed by atoms with Gasteiger partial charge in [-0.1, -0.05) is 31.0 Å². The Morgan fingerprint density at radius 3 is 2.19 bits per heavy atom. The average molecular weight is 374 g/mol. The van der Waals surface area contributed by atoms with Crippen LogP contribution < -0.4 is 4.90 Å². The van der Waals surface area contributed by atoms with Crippen LogP contribution in [0.4, 0.5) is 10.5 Å². The first kappa shape index (κ1) is 20.0. The summed E-state index contributed by atoms with van der Waals surface area (Å²) in [6, 6.07) is 8.77. The van der Waals surface area contributed by atoms with E-state index in [-0.39, 0.29) is 6.09 Å². The number of benzene rings is 1. The van der Waals surface area contributed by atoms with Crippen LogP contribution >= 0.6 is 0 Å². The number of hydrogen-bond acceptors (Lipinski definition) is 4. The highest BCUT2D eigenvalue weighted by atomic mass is 16.6. The van der Waals surface area contributed by atoms with Crippen LogP contribution in [0.3, 0.4) is 0 Å². The van der Waals surface area contributed by atoms with E-state index in [2.05, 4.69) is 34.1 Å². The first-order valence-corrected chi connectivity index (χ1v) is 10.5. The van der Waals surface area contributed by atoms with Gasteiger partial charge in [-0.05, 0) is 58.3 Å². The average Bonchev–Trinajstić information content (AvgIpc) is 2.90. The fourth-order valence-electron chi connectivity index (χ4n) is 3.94. The van der Waals surface area contributed by atoms with E-state index in [1.54, 1.807) is 0 Å². The van der Waals surface area contributed by atoms with Crippen molar-refractivity contribution in [3.8, 4) is 0 Å². The van der Waals surface area contributed by atoms with Gasteiger partial charge in [0.05, 0.1) is 0 Å². The Balaban J connectivity index is 1.60. The van der Waals surface area contributed by atoms with Crippen molar-refractivity contribution in [3.05, 3.63) is 29.8 Å². The highest BCUT2D eigenvalue weighted by Gasteiger charge is 2.26. The largest absolute Gasteiger partial charge is 0.444 e. The van der Waals surface area contributed by atoms with Gasteiger partial charge in [0, 0.05) is 38.4 Å². The number of likely N-dealkylation sites (tertiary alicyclic amines) is 1. The molecular weight excluding hydrogens is 338 g/mol. The van der Waals surface area contributed by atoms with Crippen molar-refractivity contribution in [2.24, 2.45) is 0 Å². The summed E-state index contributed by atoms with van der Waals surface area (Å²) < 4.78 is 5.52. The van der Waals surface area contributed by atoms with Crippen LogP contribution in [0.1, 0.15) is 52.0 Å². The first-order chi connectivity index (χ1) is 12.9. The van der Waals surface area contributed by atoms with Gasteiger partial charge in [0.1, 0.15) is 5.60 Å². The van der Waals surface area contributed by atoms with Gasteiger partial charge in [0.25, 0.3) is 0 Å². The maximum absolute atomic E-state index is 12.3. The Morgan fingerprint density at radius 1 is 0.926 bits per heavy atom. The molecule has 2 aliphatic rings. The van der Waals surface area contributed by atoms with Gasteiger partial charge in [0.15, 0.2) is 0 Å². The SMILES string of the molecule is CC(C)(C)OC(=O)N1CCN(c2ccccc2CN2CCCCCC2)CC1. The number of para-hydroxylation sites is 1. The van der Waals surface area contributed by atoms with Crippen molar-refractivity contribution < 1.29 is 9.53 Å². The molecule has 3 rings (SSSR count). The number of carbonyl (C=O) groups excluding carboxylic acids is 1. The molecule has 0 radical (unpaired) electrons. The molecule has 5 heteroatoms. The third kappa shape index (κ3) is 5.86. The summed E-state index contributed by atoms with van der Waals surface area (Å²) in [6.45, 7) is 12.3. The molecular formula is C22H35N3O2. The standard InChI is InChI=1S/C22H35N3O2/c1-22(2,3)27-21(26)25-16-14-24(15-17-25)20-11-7-6-10-19(20)18-23-12-8-4-5-9-13-23/h6-7,10-11H,4-5,8-9,12-18H2,1-3H3. The molecule has 2 fully saturated rings. The molecule has 2 aliphatic heterocycles. The number of nitrogens with zero attached hydrogens (tertiary/aromatic N) is 3. The van der Waals surface area contributed by atoms with Crippen LogP contribution in [0.15, 0.2) is 24.3 Å². The van der Waals surface area contributed by atoms with Gasteiger partial charge in [-0.15, -0.1) is 0 Å². The van der Waals surface area contributed by atoms with Crippen LogP contribution in [0.5, 0.6) is 0 Å². The Kier molecular flexibility index (Phi) is 6.64. The second-order valence-corrected chi connectivity index (χ2v) is 8.77. The molecule has 0 unspecified atom stereocenters. The summed E-state index contributed by atoms with van der Waals surface area (Å²) in [6.07, 6.45) is 5.17. The maximum atomic E-state index is 12.3. The number of amides is 1. The fourth-order valence-corrected chi connectivity index (χ4v) is 3.94. The molecule has 0 N–H and O–H groups in total. The molecule has 0 spiro atoms. The minimum Gasteiger partial charge on any atom is -0.444 e.